The number of hydrogen-bond acceptors (Lipinski definition) is 4. The van der Waals surface area contributed by atoms with Gasteiger partial charge < -0.3 is 14.9 Å². The van der Waals surface area contributed by atoms with Crippen LogP contribution in [0.15, 0.2) is 39.5 Å². The van der Waals surface area contributed by atoms with Crippen molar-refractivity contribution in [1.29, 1.82) is 0 Å². The minimum atomic E-state index is -1.04. The Bertz CT molecular complexity index is 573. The number of ether oxygens (including phenoxy) is 1. The molecule has 5 heteroatoms. The maximum Gasteiger partial charge on any atom is 0.410 e. The molecular formula is C10H7NO4. The summed E-state index contributed by atoms with van der Waals surface area (Å²) < 4.78 is 9.39. The number of benzene rings is 1. The lowest BCUT2D eigenvalue weighted by atomic mass is 10.2. The number of hydrogen-bond donors (Lipinski definition) is 1. The quantitative estimate of drug-likeness (QED) is 0.710. The average molecular weight is 205 g/mol. The fourth-order valence-electron chi connectivity index (χ4n) is 1.22. The molecule has 1 aromatic carbocycles. The summed E-state index contributed by atoms with van der Waals surface area (Å²) in [7, 11) is 0. The second-order valence-corrected chi connectivity index (χ2v) is 2.86. The van der Waals surface area contributed by atoms with Crippen LogP contribution in [-0.2, 0) is 0 Å². The van der Waals surface area contributed by atoms with Gasteiger partial charge in [0, 0.05) is 5.39 Å². The van der Waals surface area contributed by atoms with Gasteiger partial charge in [-0.25, -0.2) is 9.59 Å². The Morgan fingerprint density at radius 2 is 2.07 bits per heavy atom. The van der Waals surface area contributed by atoms with Gasteiger partial charge in [-0.2, -0.15) is 0 Å². The summed E-state index contributed by atoms with van der Waals surface area (Å²) in [4.78, 5) is 21.7. The summed E-state index contributed by atoms with van der Waals surface area (Å²) >= 11 is 0. The van der Waals surface area contributed by atoms with Crippen molar-refractivity contribution in [3.8, 4) is 5.75 Å². The highest BCUT2D eigenvalue weighted by Crippen LogP contribution is 2.16. The summed E-state index contributed by atoms with van der Waals surface area (Å²) in [5.74, 6) is -0.207. The molecule has 0 aliphatic carbocycles. The minimum Gasteiger partial charge on any atom is -0.420 e. The van der Waals surface area contributed by atoms with Crippen molar-refractivity contribution < 1.29 is 13.9 Å². The van der Waals surface area contributed by atoms with Gasteiger partial charge in [-0.1, -0.05) is 18.2 Å². The van der Waals surface area contributed by atoms with E-state index in [-0.39, 0.29) is 5.75 Å². The zero-order valence-corrected chi connectivity index (χ0v) is 7.60. The van der Waals surface area contributed by atoms with Crippen LogP contribution in [0, 0.1) is 0 Å². The molecular weight excluding hydrogens is 198 g/mol. The van der Waals surface area contributed by atoms with Crippen molar-refractivity contribution >= 4 is 17.1 Å². The van der Waals surface area contributed by atoms with Crippen LogP contribution < -0.4 is 16.1 Å². The Kier molecular flexibility index (Phi) is 2.13. The van der Waals surface area contributed by atoms with Gasteiger partial charge in [0.15, 0.2) is 0 Å². The molecule has 15 heavy (non-hydrogen) atoms. The summed E-state index contributed by atoms with van der Waals surface area (Å²) in [5, 5.41) is 0.661. The molecule has 5 nitrogen and oxygen atoms in total. The Labute approximate surface area is 84.1 Å². The first kappa shape index (κ1) is 9.26. The third kappa shape index (κ3) is 1.80. The fraction of sp³-hybridized carbons (Fsp3) is 0. The molecule has 1 aromatic heterocycles. The number of rotatable bonds is 1. The largest absolute Gasteiger partial charge is 0.420 e. The number of nitrogens with two attached hydrogens (primary N) is 1. The smallest absolute Gasteiger partial charge is 0.410 e. The summed E-state index contributed by atoms with van der Waals surface area (Å²) in [5.41, 5.74) is 4.50. The predicted molar refractivity (Wildman–Crippen MR) is 52.7 cm³/mol. The van der Waals surface area contributed by atoms with Crippen LogP contribution in [0.4, 0.5) is 4.79 Å². The molecule has 0 atom stereocenters. The van der Waals surface area contributed by atoms with E-state index in [1.54, 1.807) is 24.3 Å². The van der Waals surface area contributed by atoms with Gasteiger partial charge in [0.05, 0.1) is 0 Å². The van der Waals surface area contributed by atoms with E-state index in [2.05, 4.69) is 4.74 Å². The maximum atomic E-state index is 11.3. The lowest BCUT2D eigenvalue weighted by molar-refractivity contribution is 0.209. The second-order valence-electron chi connectivity index (χ2n) is 2.86. The molecule has 0 saturated carbocycles. The molecule has 0 aliphatic heterocycles. The van der Waals surface area contributed by atoms with Gasteiger partial charge in [0.1, 0.15) is 5.58 Å². The topological polar surface area (TPSA) is 82.5 Å². The Morgan fingerprint density at radius 3 is 2.80 bits per heavy atom. The van der Waals surface area contributed by atoms with Crippen LogP contribution in [0.1, 0.15) is 0 Å². The molecule has 1 heterocycles. The van der Waals surface area contributed by atoms with Crippen LogP contribution >= 0.6 is 0 Å². The lowest BCUT2D eigenvalue weighted by Crippen LogP contribution is -2.20. The first-order valence-electron chi connectivity index (χ1n) is 4.17. The van der Waals surface area contributed by atoms with Crippen LogP contribution in [0.5, 0.6) is 5.75 Å². The third-order valence-electron chi connectivity index (χ3n) is 1.82. The molecule has 2 N–H and O–H groups in total. The first-order chi connectivity index (χ1) is 7.16. The molecule has 2 aromatic rings. The van der Waals surface area contributed by atoms with E-state index in [0.29, 0.717) is 11.0 Å². The SMILES string of the molecule is NC(=O)Oc1cc2ccccc2oc1=O. The molecule has 0 unspecified atom stereocenters. The number of primary amides is 1. The van der Waals surface area contributed by atoms with Crippen molar-refractivity contribution in [3.05, 3.63) is 40.8 Å². The Balaban J connectivity index is 2.62. The van der Waals surface area contributed by atoms with E-state index in [1.807, 2.05) is 0 Å². The molecule has 0 radical (unpaired) electrons. The Morgan fingerprint density at radius 1 is 1.33 bits per heavy atom. The molecule has 0 fully saturated rings. The lowest BCUT2D eigenvalue weighted by Gasteiger charge is -2.00. The van der Waals surface area contributed by atoms with Gasteiger partial charge in [-0.3, -0.25) is 0 Å². The van der Waals surface area contributed by atoms with Gasteiger partial charge in [-0.05, 0) is 12.1 Å². The second kappa shape index (κ2) is 3.45. The average Bonchev–Trinajstić information content (AvgIpc) is 2.18. The van der Waals surface area contributed by atoms with Crippen molar-refractivity contribution in [2.75, 3.05) is 0 Å². The monoisotopic (exact) mass is 205 g/mol. The van der Waals surface area contributed by atoms with Gasteiger partial charge in [0.25, 0.3) is 0 Å². The summed E-state index contributed by atoms with van der Waals surface area (Å²) in [6.07, 6.45) is -1.04. The number of carbonyl (C=O) groups excluding carboxylic acids is 1. The number of amides is 1. The minimum absolute atomic E-state index is 0.207. The number of fused-ring (bicyclic) bond motifs is 1. The van der Waals surface area contributed by atoms with E-state index in [1.165, 1.54) is 6.07 Å². The van der Waals surface area contributed by atoms with E-state index in [4.69, 9.17) is 10.2 Å². The highest BCUT2D eigenvalue weighted by atomic mass is 16.6. The highest BCUT2D eigenvalue weighted by molar-refractivity contribution is 5.78. The standard InChI is InChI=1S/C10H7NO4/c11-10(13)15-8-5-6-3-1-2-4-7(6)14-9(8)12/h1-5H,(H2,11,13). The van der Waals surface area contributed by atoms with Crippen LogP contribution in [0.3, 0.4) is 0 Å². The van der Waals surface area contributed by atoms with Crippen molar-refractivity contribution in [2.24, 2.45) is 5.73 Å². The van der Waals surface area contributed by atoms with E-state index in [9.17, 15) is 9.59 Å². The third-order valence-corrected chi connectivity index (χ3v) is 1.82. The van der Waals surface area contributed by atoms with Crippen molar-refractivity contribution in [3.63, 3.8) is 0 Å². The van der Waals surface area contributed by atoms with Gasteiger partial charge >= 0.3 is 11.7 Å². The summed E-state index contributed by atoms with van der Waals surface area (Å²) in [6.45, 7) is 0. The van der Waals surface area contributed by atoms with Gasteiger partial charge in [0.2, 0.25) is 5.75 Å². The van der Waals surface area contributed by atoms with Crippen molar-refractivity contribution in [2.45, 2.75) is 0 Å². The maximum absolute atomic E-state index is 11.3. The zero-order valence-electron chi connectivity index (χ0n) is 7.60. The molecule has 0 bridgehead atoms. The van der Waals surface area contributed by atoms with Crippen LogP contribution in [0.2, 0.25) is 0 Å². The molecule has 76 valence electrons. The molecule has 2 rings (SSSR count). The van der Waals surface area contributed by atoms with Crippen molar-refractivity contribution in [1.82, 2.24) is 0 Å². The normalized spacial score (nSPS) is 10.1. The fourth-order valence-corrected chi connectivity index (χ4v) is 1.22. The zero-order chi connectivity index (χ0) is 10.8. The van der Waals surface area contributed by atoms with Crippen LogP contribution in [0.25, 0.3) is 11.0 Å². The van der Waals surface area contributed by atoms with E-state index < -0.39 is 11.7 Å². The molecule has 0 spiro atoms. The molecule has 1 amide bonds. The molecule has 0 aliphatic rings. The predicted octanol–water partition coefficient (Wildman–Crippen LogP) is 1.25. The Hall–Kier alpha value is -2.30. The van der Waals surface area contributed by atoms with E-state index in [0.717, 1.165) is 0 Å². The first-order valence-corrected chi connectivity index (χ1v) is 4.17. The number of carbonyl (C=O) groups is 1. The molecule has 0 saturated heterocycles. The summed E-state index contributed by atoms with van der Waals surface area (Å²) in [6, 6.07) is 8.29. The van der Waals surface area contributed by atoms with Gasteiger partial charge in [-0.15, -0.1) is 0 Å². The van der Waals surface area contributed by atoms with Crippen LogP contribution in [-0.4, -0.2) is 6.09 Å². The number of para-hydroxylation sites is 1. The highest BCUT2D eigenvalue weighted by Gasteiger charge is 2.07. The van der Waals surface area contributed by atoms with E-state index >= 15 is 0 Å².